The molecule has 29 heavy (non-hydrogen) atoms. The topological polar surface area (TPSA) is 70.4 Å². The van der Waals surface area contributed by atoms with Crippen LogP contribution in [-0.2, 0) is 11.3 Å². The molecule has 0 aliphatic heterocycles. The predicted octanol–water partition coefficient (Wildman–Crippen LogP) is 4.07. The molecule has 0 radical (unpaired) electrons. The molecule has 0 saturated carbocycles. The fraction of sp³-hybridized carbons (Fsp3) is 0.136. The standard InChI is InChI=1S/C22H19ClN2O4/c1-28-18-11-7-16(8-12-18)20-14-19(22(27)29-2)21(26)25(24-20)13-3-4-15-5-9-17(23)10-6-15/h3-12,14H,13H2,1-2H3/b4-3+. The normalized spacial score (nSPS) is 10.9. The number of hydrogen-bond acceptors (Lipinski definition) is 5. The maximum absolute atomic E-state index is 12.7. The van der Waals surface area contributed by atoms with E-state index in [0.717, 1.165) is 11.1 Å². The molecule has 0 amide bonds. The van der Waals surface area contributed by atoms with Gasteiger partial charge in [0, 0.05) is 10.6 Å². The van der Waals surface area contributed by atoms with Crippen LogP contribution in [-0.4, -0.2) is 30.0 Å². The average Bonchev–Trinajstić information content (AvgIpc) is 2.75. The highest BCUT2D eigenvalue weighted by Crippen LogP contribution is 2.20. The third-order valence-corrected chi connectivity index (χ3v) is 4.48. The van der Waals surface area contributed by atoms with E-state index in [2.05, 4.69) is 5.10 Å². The van der Waals surface area contributed by atoms with Crippen molar-refractivity contribution in [3.8, 4) is 17.0 Å². The first-order chi connectivity index (χ1) is 14.0. The van der Waals surface area contributed by atoms with Gasteiger partial charge in [-0.3, -0.25) is 4.79 Å². The summed E-state index contributed by atoms with van der Waals surface area (Å²) in [6.45, 7) is 0.190. The lowest BCUT2D eigenvalue weighted by Crippen LogP contribution is -2.29. The number of methoxy groups -OCH3 is 2. The Hall–Kier alpha value is -3.38. The average molecular weight is 411 g/mol. The summed E-state index contributed by atoms with van der Waals surface area (Å²) in [5, 5.41) is 5.05. The van der Waals surface area contributed by atoms with Gasteiger partial charge in [-0.05, 0) is 48.0 Å². The Balaban J connectivity index is 1.96. The van der Waals surface area contributed by atoms with Crippen LogP contribution in [0.2, 0.25) is 5.02 Å². The molecule has 1 aromatic heterocycles. The second-order valence-electron chi connectivity index (χ2n) is 6.10. The van der Waals surface area contributed by atoms with Crippen molar-refractivity contribution >= 4 is 23.6 Å². The molecule has 3 aromatic rings. The van der Waals surface area contributed by atoms with Gasteiger partial charge in [-0.25, -0.2) is 9.48 Å². The van der Waals surface area contributed by atoms with E-state index in [1.54, 1.807) is 49.6 Å². The zero-order valence-corrected chi connectivity index (χ0v) is 16.7. The summed E-state index contributed by atoms with van der Waals surface area (Å²) in [4.78, 5) is 24.8. The number of carbonyl (C=O) groups is 1. The number of benzene rings is 2. The van der Waals surface area contributed by atoms with E-state index in [4.69, 9.17) is 21.1 Å². The van der Waals surface area contributed by atoms with Gasteiger partial charge in [0.1, 0.15) is 11.3 Å². The molecule has 0 aliphatic rings. The molecule has 0 bridgehead atoms. The predicted molar refractivity (Wildman–Crippen MR) is 112 cm³/mol. The summed E-state index contributed by atoms with van der Waals surface area (Å²) in [6, 6.07) is 15.9. The Morgan fingerprint density at radius 1 is 1.10 bits per heavy atom. The molecule has 2 aromatic carbocycles. The number of carbonyl (C=O) groups excluding carboxylic acids is 1. The van der Waals surface area contributed by atoms with Crippen LogP contribution in [0.1, 0.15) is 15.9 Å². The number of aromatic nitrogens is 2. The number of ether oxygens (including phenoxy) is 2. The van der Waals surface area contributed by atoms with Gasteiger partial charge in [0.2, 0.25) is 0 Å². The highest BCUT2D eigenvalue weighted by atomic mass is 35.5. The highest BCUT2D eigenvalue weighted by Gasteiger charge is 2.16. The van der Waals surface area contributed by atoms with Crippen LogP contribution >= 0.6 is 11.6 Å². The third kappa shape index (κ3) is 4.92. The number of hydrogen-bond donors (Lipinski definition) is 0. The molecule has 0 fully saturated rings. The maximum atomic E-state index is 12.7. The summed E-state index contributed by atoms with van der Waals surface area (Å²) in [7, 11) is 2.82. The molecule has 148 valence electrons. The lowest BCUT2D eigenvalue weighted by molar-refractivity contribution is 0.0597. The fourth-order valence-electron chi connectivity index (χ4n) is 2.69. The van der Waals surface area contributed by atoms with Crippen LogP contribution in [0.5, 0.6) is 5.75 Å². The van der Waals surface area contributed by atoms with Crippen molar-refractivity contribution < 1.29 is 14.3 Å². The van der Waals surface area contributed by atoms with Crippen LogP contribution in [0.4, 0.5) is 0 Å². The lowest BCUT2D eigenvalue weighted by atomic mass is 10.1. The third-order valence-electron chi connectivity index (χ3n) is 4.22. The van der Waals surface area contributed by atoms with E-state index < -0.39 is 11.5 Å². The molecular weight excluding hydrogens is 392 g/mol. The van der Waals surface area contributed by atoms with Gasteiger partial charge >= 0.3 is 5.97 Å². The van der Waals surface area contributed by atoms with E-state index in [1.807, 2.05) is 18.2 Å². The minimum Gasteiger partial charge on any atom is -0.497 e. The van der Waals surface area contributed by atoms with Crippen LogP contribution in [0.25, 0.3) is 17.3 Å². The quantitative estimate of drug-likeness (QED) is 0.573. The Kier molecular flexibility index (Phi) is 6.46. The Morgan fingerprint density at radius 3 is 2.41 bits per heavy atom. The molecule has 3 rings (SSSR count). The van der Waals surface area contributed by atoms with Crippen molar-refractivity contribution in [3.63, 3.8) is 0 Å². The molecule has 0 spiro atoms. The number of rotatable bonds is 6. The molecule has 7 heteroatoms. The van der Waals surface area contributed by atoms with Crippen LogP contribution in [0, 0.1) is 0 Å². The zero-order chi connectivity index (χ0) is 20.8. The Labute approximate surface area is 173 Å². The molecule has 0 unspecified atom stereocenters. The molecule has 0 saturated heterocycles. The first-order valence-corrected chi connectivity index (χ1v) is 9.16. The van der Waals surface area contributed by atoms with E-state index in [-0.39, 0.29) is 12.1 Å². The minimum atomic E-state index is -0.706. The van der Waals surface area contributed by atoms with Gasteiger partial charge in [-0.2, -0.15) is 5.10 Å². The maximum Gasteiger partial charge on any atom is 0.343 e. The second kappa shape index (κ2) is 9.21. The van der Waals surface area contributed by atoms with Crippen molar-refractivity contribution in [2.75, 3.05) is 14.2 Å². The highest BCUT2D eigenvalue weighted by molar-refractivity contribution is 6.30. The number of allylic oxidation sites excluding steroid dienone is 1. The van der Waals surface area contributed by atoms with Crippen molar-refractivity contribution in [2.45, 2.75) is 6.54 Å². The van der Waals surface area contributed by atoms with Gasteiger partial charge in [0.25, 0.3) is 5.56 Å². The fourth-order valence-corrected chi connectivity index (χ4v) is 2.81. The van der Waals surface area contributed by atoms with Crippen LogP contribution in [0.3, 0.4) is 0 Å². The summed E-state index contributed by atoms with van der Waals surface area (Å²) in [6.07, 6.45) is 3.64. The van der Waals surface area contributed by atoms with Gasteiger partial charge in [-0.15, -0.1) is 0 Å². The summed E-state index contributed by atoms with van der Waals surface area (Å²) < 4.78 is 11.2. The van der Waals surface area contributed by atoms with Gasteiger partial charge in [0.05, 0.1) is 26.5 Å². The van der Waals surface area contributed by atoms with E-state index >= 15 is 0 Å². The van der Waals surface area contributed by atoms with E-state index in [9.17, 15) is 9.59 Å². The monoisotopic (exact) mass is 410 g/mol. The van der Waals surface area contributed by atoms with Gasteiger partial charge in [0.15, 0.2) is 0 Å². The zero-order valence-electron chi connectivity index (χ0n) is 16.0. The largest absolute Gasteiger partial charge is 0.497 e. The molecule has 1 heterocycles. The summed E-state index contributed by atoms with van der Waals surface area (Å²) in [5.74, 6) is -0.0104. The number of nitrogens with zero attached hydrogens (tertiary/aromatic N) is 2. The first kappa shape index (κ1) is 20.4. The van der Waals surface area contributed by atoms with Crippen molar-refractivity contribution in [2.24, 2.45) is 0 Å². The van der Waals surface area contributed by atoms with E-state index in [0.29, 0.717) is 16.5 Å². The van der Waals surface area contributed by atoms with Crippen molar-refractivity contribution in [1.82, 2.24) is 9.78 Å². The smallest absolute Gasteiger partial charge is 0.343 e. The van der Waals surface area contributed by atoms with Crippen LogP contribution in [0.15, 0.2) is 65.5 Å². The Bertz CT molecular complexity index is 1090. The van der Waals surface area contributed by atoms with Gasteiger partial charge < -0.3 is 9.47 Å². The molecule has 0 N–H and O–H groups in total. The van der Waals surface area contributed by atoms with Crippen molar-refractivity contribution in [1.29, 1.82) is 0 Å². The molecule has 0 atom stereocenters. The SMILES string of the molecule is COC(=O)c1cc(-c2ccc(OC)cc2)nn(C/C=C/c2ccc(Cl)cc2)c1=O. The van der Waals surface area contributed by atoms with Gasteiger partial charge in [-0.1, -0.05) is 35.9 Å². The van der Waals surface area contributed by atoms with Crippen molar-refractivity contribution in [3.05, 3.63) is 87.2 Å². The first-order valence-electron chi connectivity index (χ1n) is 8.79. The number of esters is 1. The molecular formula is C22H19ClN2O4. The summed E-state index contributed by atoms with van der Waals surface area (Å²) in [5.41, 5.74) is 1.56. The molecule has 0 aliphatic carbocycles. The van der Waals surface area contributed by atoms with Crippen LogP contribution < -0.4 is 10.3 Å². The minimum absolute atomic E-state index is 0.0757. The summed E-state index contributed by atoms with van der Waals surface area (Å²) >= 11 is 5.89. The Morgan fingerprint density at radius 2 is 1.79 bits per heavy atom. The second-order valence-corrected chi connectivity index (χ2v) is 6.54. The molecule has 6 nitrogen and oxygen atoms in total. The van der Waals surface area contributed by atoms with E-state index in [1.165, 1.54) is 17.9 Å². The number of halogens is 1. The lowest BCUT2D eigenvalue weighted by Gasteiger charge is -2.09.